The van der Waals surface area contributed by atoms with E-state index in [1.54, 1.807) is 6.07 Å². The van der Waals surface area contributed by atoms with Gasteiger partial charge >= 0.3 is 5.69 Å². The highest BCUT2D eigenvalue weighted by atomic mass is 16.6. The average molecular weight is 292 g/mol. The van der Waals surface area contributed by atoms with Gasteiger partial charge in [0, 0.05) is 11.6 Å². The van der Waals surface area contributed by atoms with Gasteiger partial charge in [0.15, 0.2) is 5.75 Å². The molecule has 1 aromatic heterocycles. The minimum atomic E-state index is -0.511. The largest absolute Gasteiger partial charge is 0.490 e. The highest BCUT2D eigenvalue weighted by Crippen LogP contribution is 2.31. The molecular formula is C13H16N4O4. The van der Waals surface area contributed by atoms with E-state index in [2.05, 4.69) is 22.4 Å². The molecule has 0 saturated carbocycles. The molecule has 0 radical (unpaired) electrons. The van der Waals surface area contributed by atoms with Gasteiger partial charge in [-0.2, -0.15) is 0 Å². The van der Waals surface area contributed by atoms with Crippen molar-refractivity contribution in [1.82, 2.24) is 15.5 Å². The molecule has 21 heavy (non-hydrogen) atoms. The summed E-state index contributed by atoms with van der Waals surface area (Å²) in [4.78, 5) is 10.5. The van der Waals surface area contributed by atoms with E-state index in [1.807, 2.05) is 0 Å². The van der Waals surface area contributed by atoms with Crippen LogP contribution in [0.1, 0.15) is 19.2 Å². The van der Waals surface area contributed by atoms with Crippen molar-refractivity contribution in [2.75, 3.05) is 13.7 Å². The van der Waals surface area contributed by atoms with E-state index in [0.717, 1.165) is 13.0 Å². The number of benzene rings is 1. The maximum absolute atomic E-state index is 11.0. The lowest BCUT2D eigenvalue weighted by Crippen LogP contribution is -2.13. The van der Waals surface area contributed by atoms with Crippen molar-refractivity contribution in [3.05, 3.63) is 34.2 Å². The van der Waals surface area contributed by atoms with Gasteiger partial charge in [-0.3, -0.25) is 10.1 Å². The highest BCUT2D eigenvalue weighted by Gasteiger charge is 2.18. The van der Waals surface area contributed by atoms with Gasteiger partial charge in [0.1, 0.15) is 0 Å². The van der Waals surface area contributed by atoms with E-state index in [4.69, 9.17) is 9.15 Å². The molecule has 0 bridgehead atoms. The predicted molar refractivity (Wildman–Crippen MR) is 74.9 cm³/mol. The topological polar surface area (TPSA) is 103 Å². The summed E-state index contributed by atoms with van der Waals surface area (Å²) in [5.74, 6) is 0.874. The highest BCUT2D eigenvalue weighted by molar-refractivity contribution is 5.62. The lowest BCUT2D eigenvalue weighted by atomic mass is 10.2. The first-order valence-corrected chi connectivity index (χ1v) is 6.51. The molecule has 0 spiro atoms. The molecule has 2 rings (SSSR count). The van der Waals surface area contributed by atoms with E-state index < -0.39 is 4.92 Å². The van der Waals surface area contributed by atoms with Gasteiger partial charge in [0.05, 0.1) is 18.6 Å². The summed E-state index contributed by atoms with van der Waals surface area (Å²) >= 11 is 0. The number of nitro groups is 1. The number of ether oxygens (including phenoxy) is 1. The maximum Gasteiger partial charge on any atom is 0.311 e. The number of nitrogens with one attached hydrogen (secondary N) is 1. The monoisotopic (exact) mass is 292 g/mol. The van der Waals surface area contributed by atoms with Crippen LogP contribution in [0.25, 0.3) is 11.5 Å². The number of methoxy groups -OCH3 is 1. The van der Waals surface area contributed by atoms with E-state index in [0.29, 0.717) is 18.0 Å². The second-order valence-corrected chi connectivity index (χ2v) is 4.32. The summed E-state index contributed by atoms with van der Waals surface area (Å²) in [6.07, 6.45) is 1.01. The zero-order valence-corrected chi connectivity index (χ0v) is 11.8. The van der Waals surface area contributed by atoms with Gasteiger partial charge in [0.2, 0.25) is 11.8 Å². The fourth-order valence-corrected chi connectivity index (χ4v) is 1.78. The Morgan fingerprint density at radius 1 is 1.43 bits per heavy atom. The predicted octanol–water partition coefficient (Wildman–Crippen LogP) is 2.15. The normalized spacial score (nSPS) is 10.6. The minimum absolute atomic E-state index is 0.140. The molecule has 0 unspecified atom stereocenters. The van der Waals surface area contributed by atoms with E-state index in [1.165, 1.54) is 19.2 Å². The average Bonchev–Trinajstić information content (AvgIpc) is 2.95. The molecule has 0 amide bonds. The number of nitro benzene ring substituents is 1. The summed E-state index contributed by atoms with van der Waals surface area (Å²) in [5, 5.41) is 21.9. The third-order valence-corrected chi connectivity index (χ3v) is 2.79. The van der Waals surface area contributed by atoms with Gasteiger partial charge in [-0.1, -0.05) is 6.92 Å². The van der Waals surface area contributed by atoms with Crippen LogP contribution in [0.4, 0.5) is 5.69 Å². The van der Waals surface area contributed by atoms with Crippen LogP contribution < -0.4 is 10.1 Å². The van der Waals surface area contributed by atoms with E-state index in [-0.39, 0.29) is 17.3 Å². The number of rotatable bonds is 7. The van der Waals surface area contributed by atoms with Crippen molar-refractivity contribution < 1.29 is 14.1 Å². The lowest BCUT2D eigenvalue weighted by molar-refractivity contribution is -0.385. The zero-order valence-electron chi connectivity index (χ0n) is 11.8. The van der Waals surface area contributed by atoms with Crippen LogP contribution in [-0.4, -0.2) is 28.8 Å². The summed E-state index contributed by atoms with van der Waals surface area (Å²) in [6.45, 7) is 3.38. The molecule has 8 heteroatoms. The summed E-state index contributed by atoms with van der Waals surface area (Å²) in [7, 11) is 1.38. The Morgan fingerprint density at radius 2 is 2.24 bits per heavy atom. The second kappa shape index (κ2) is 6.80. The Labute approximate surface area is 121 Å². The molecule has 1 aromatic carbocycles. The molecule has 0 aliphatic rings. The Balaban J connectivity index is 2.22. The molecule has 1 heterocycles. The summed E-state index contributed by atoms with van der Waals surface area (Å²) in [5.41, 5.74) is 0.343. The SMILES string of the molecule is CCCNCc1nnc(-c2ccc(OC)c([N+](=O)[O-])c2)o1. The van der Waals surface area contributed by atoms with Crippen LogP contribution in [0, 0.1) is 10.1 Å². The Morgan fingerprint density at radius 3 is 2.90 bits per heavy atom. The van der Waals surface area contributed by atoms with E-state index >= 15 is 0 Å². The smallest absolute Gasteiger partial charge is 0.311 e. The van der Waals surface area contributed by atoms with Crippen LogP contribution in [0.3, 0.4) is 0 Å². The molecule has 1 N–H and O–H groups in total. The summed E-state index contributed by atoms with van der Waals surface area (Å²) < 4.78 is 10.4. The molecule has 0 atom stereocenters. The number of hydrogen-bond acceptors (Lipinski definition) is 7. The first-order chi connectivity index (χ1) is 10.2. The third-order valence-electron chi connectivity index (χ3n) is 2.79. The fraction of sp³-hybridized carbons (Fsp3) is 0.385. The van der Waals surface area contributed by atoms with Crippen molar-refractivity contribution in [3.63, 3.8) is 0 Å². The van der Waals surface area contributed by atoms with Gasteiger partial charge in [-0.25, -0.2) is 0 Å². The standard InChI is InChI=1S/C13H16N4O4/c1-3-6-14-8-12-15-16-13(21-12)9-4-5-11(20-2)10(7-9)17(18)19/h4-5,7,14H,3,6,8H2,1-2H3. The third kappa shape index (κ3) is 3.54. The van der Waals surface area contributed by atoms with Crippen LogP contribution in [0.5, 0.6) is 5.75 Å². The van der Waals surface area contributed by atoms with Gasteiger partial charge in [0.25, 0.3) is 0 Å². The second-order valence-electron chi connectivity index (χ2n) is 4.32. The van der Waals surface area contributed by atoms with Gasteiger partial charge in [-0.15, -0.1) is 10.2 Å². The molecule has 0 aliphatic heterocycles. The van der Waals surface area contributed by atoms with Crippen molar-refractivity contribution in [2.24, 2.45) is 0 Å². The Kier molecular flexibility index (Phi) is 4.83. The molecule has 112 valence electrons. The lowest BCUT2D eigenvalue weighted by Gasteiger charge is -2.02. The number of nitrogens with zero attached hydrogens (tertiary/aromatic N) is 3. The maximum atomic E-state index is 11.0. The van der Waals surface area contributed by atoms with Crippen molar-refractivity contribution >= 4 is 5.69 Å². The van der Waals surface area contributed by atoms with Gasteiger partial charge in [-0.05, 0) is 25.1 Å². The molecular weight excluding hydrogens is 276 g/mol. The fourth-order valence-electron chi connectivity index (χ4n) is 1.78. The van der Waals surface area contributed by atoms with Gasteiger partial charge < -0.3 is 14.5 Å². The van der Waals surface area contributed by atoms with Crippen LogP contribution in [0.15, 0.2) is 22.6 Å². The van der Waals surface area contributed by atoms with Crippen LogP contribution in [-0.2, 0) is 6.54 Å². The molecule has 0 fully saturated rings. The van der Waals surface area contributed by atoms with E-state index in [9.17, 15) is 10.1 Å². The Hall–Kier alpha value is -2.48. The van der Waals surface area contributed by atoms with Crippen LogP contribution >= 0.6 is 0 Å². The molecule has 0 saturated heterocycles. The molecule has 0 aliphatic carbocycles. The Bertz CT molecular complexity index is 626. The van der Waals surface area contributed by atoms with Crippen LogP contribution in [0.2, 0.25) is 0 Å². The molecule has 8 nitrogen and oxygen atoms in total. The number of aromatic nitrogens is 2. The summed E-state index contributed by atoms with van der Waals surface area (Å²) in [6, 6.07) is 4.50. The molecule has 2 aromatic rings. The minimum Gasteiger partial charge on any atom is -0.490 e. The van der Waals surface area contributed by atoms with Crippen molar-refractivity contribution in [1.29, 1.82) is 0 Å². The first-order valence-electron chi connectivity index (χ1n) is 6.51. The van der Waals surface area contributed by atoms with Crippen molar-refractivity contribution in [2.45, 2.75) is 19.9 Å². The quantitative estimate of drug-likeness (QED) is 0.473. The zero-order chi connectivity index (χ0) is 15.2. The number of hydrogen-bond donors (Lipinski definition) is 1. The first kappa shape index (κ1) is 14.9. The van der Waals surface area contributed by atoms with Crippen molar-refractivity contribution in [3.8, 4) is 17.2 Å².